The van der Waals surface area contributed by atoms with Gasteiger partial charge in [-0.1, -0.05) is 31.2 Å². The fourth-order valence-electron chi connectivity index (χ4n) is 2.67. The number of para-hydroxylation sites is 1. The standard InChI is InChI=1S/C20H22F4N2O3/c1-3-26(12-14-8-9-18(28-2)16(21)10-14)13-19(27)25-11-15-6-4-5-7-17(15)29-20(22,23)24/h4-10H,3,11-13H2,1-2H3,(H,25,27). The summed E-state index contributed by atoms with van der Waals surface area (Å²) in [6, 6.07) is 10.2. The molecule has 2 aromatic carbocycles. The van der Waals surface area contributed by atoms with Gasteiger partial charge in [0.2, 0.25) is 5.91 Å². The van der Waals surface area contributed by atoms with E-state index in [0.717, 1.165) is 0 Å². The molecule has 0 radical (unpaired) electrons. The van der Waals surface area contributed by atoms with Gasteiger partial charge in [0.25, 0.3) is 0 Å². The van der Waals surface area contributed by atoms with Gasteiger partial charge in [-0.15, -0.1) is 13.2 Å². The number of rotatable bonds is 9. The van der Waals surface area contributed by atoms with Gasteiger partial charge in [-0.25, -0.2) is 4.39 Å². The highest BCUT2D eigenvalue weighted by Gasteiger charge is 2.32. The van der Waals surface area contributed by atoms with Crippen LogP contribution in [0.15, 0.2) is 42.5 Å². The molecular formula is C20H22F4N2O3. The van der Waals surface area contributed by atoms with Crippen LogP contribution in [0.25, 0.3) is 0 Å². The van der Waals surface area contributed by atoms with Gasteiger partial charge < -0.3 is 14.8 Å². The Hall–Kier alpha value is -2.81. The highest BCUT2D eigenvalue weighted by Crippen LogP contribution is 2.26. The van der Waals surface area contributed by atoms with Gasteiger partial charge in [0, 0.05) is 18.7 Å². The molecule has 0 aliphatic carbocycles. The lowest BCUT2D eigenvalue weighted by atomic mass is 10.2. The number of nitrogens with zero attached hydrogens (tertiary/aromatic N) is 1. The summed E-state index contributed by atoms with van der Waals surface area (Å²) in [5, 5.41) is 2.58. The maximum atomic E-state index is 13.8. The zero-order chi connectivity index (χ0) is 21.4. The minimum Gasteiger partial charge on any atom is -0.494 e. The normalized spacial score (nSPS) is 11.4. The molecule has 1 amide bonds. The molecule has 2 rings (SSSR count). The van der Waals surface area contributed by atoms with Gasteiger partial charge >= 0.3 is 6.36 Å². The molecule has 0 fully saturated rings. The number of nitrogens with one attached hydrogen (secondary N) is 1. The zero-order valence-electron chi connectivity index (χ0n) is 16.1. The number of alkyl halides is 3. The van der Waals surface area contributed by atoms with E-state index in [4.69, 9.17) is 4.74 Å². The Balaban J connectivity index is 1.93. The van der Waals surface area contributed by atoms with Crippen LogP contribution in [0.4, 0.5) is 17.6 Å². The molecule has 1 N–H and O–H groups in total. The molecule has 0 saturated heterocycles. The zero-order valence-corrected chi connectivity index (χ0v) is 16.1. The van der Waals surface area contributed by atoms with Crippen molar-refractivity contribution in [3.8, 4) is 11.5 Å². The third kappa shape index (κ3) is 7.26. The number of carbonyl (C=O) groups excluding carboxylic acids is 1. The Bertz CT molecular complexity index is 828. The van der Waals surface area contributed by atoms with Crippen LogP contribution >= 0.6 is 0 Å². The van der Waals surface area contributed by atoms with Crippen molar-refractivity contribution >= 4 is 5.91 Å². The van der Waals surface area contributed by atoms with Crippen LogP contribution in [0.3, 0.4) is 0 Å². The molecule has 0 bridgehead atoms. The Morgan fingerprint density at radius 2 is 1.86 bits per heavy atom. The van der Waals surface area contributed by atoms with E-state index in [-0.39, 0.29) is 36.1 Å². The van der Waals surface area contributed by atoms with E-state index in [0.29, 0.717) is 18.7 Å². The quantitative estimate of drug-likeness (QED) is 0.633. The van der Waals surface area contributed by atoms with Crippen molar-refractivity contribution in [2.24, 2.45) is 0 Å². The summed E-state index contributed by atoms with van der Waals surface area (Å²) in [5.74, 6) is -1.09. The van der Waals surface area contributed by atoms with Crippen molar-refractivity contribution in [1.82, 2.24) is 10.2 Å². The predicted molar refractivity (Wildman–Crippen MR) is 98.9 cm³/mol. The second-order valence-electron chi connectivity index (χ2n) is 6.20. The predicted octanol–water partition coefficient (Wildman–Crippen LogP) is 3.87. The van der Waals surface area contributed by atoms with Crippen molar-refractivity contribution in [2.75, 3.05) is 20.2 Å². The molecule has 5 nitrogen and oxygen atoms in total. The number of ether oxygens (including phenoxy) is 2. The minimum atomic E-state index is -4.81. The lowest BCUT2D eigenvalue weighted by molar-refractivity contribution is -0.274. The maximum Gasteiger partial charge on any atom is 0.573 e. The number of carbonyl (C=O) groups is 1. The number of halogens is 4. The third-order valence-electron chi connectivity index (χ3n) is 4.11. The van der Waals surface area contributed by atoms with Crippen molar-refractivity contribution in [3.05, 3.63) is 59.4 Å². The second kappa shape index (κ2) is 10.1. The molecule has 0 saturated carbocycles. The van der Waals surface area contributed by atoms with E-state index in [1.165, 1.54) is 37.4 Å². The molecule has 0 heterocycles. The first kappa shape index (κ1) is 22.5. The Kier molecular flexibility index (Phi) is 7.83. The minimum absolute atomic E-state index is 0.00639. The van der Waals surface area contributed by atoms with E-state index in [1.807, 2.05) is 6.92 Å². The van der Waals surface area contributed by atoms with Crippen LogP contribution in [0.5, 0.6) is 11.5 Å². The summed E-state index contributed by atoms with van der Waals surface area (Å²) in [7, 11) is 1.37. The van der Waals surface area contributed by atoms with Crippen LogP contribution in [0.2, 0.25) is 0 Å². The number of hydrogen-bond donors (Lipinski definition) is 1. The molecule has 0 atom stereocenters. The Labute approximate surface area is 166 Å². The number of likely N-dealkylation sites (N-methyl/N-ethyl adjacent to an activating group) is 1. The summed E-state index contributed by atoms with van der Waals surface area (Å²) >= 11 is 0. The molecular weight excluding hydrogens is 392 g/mol. The second-order valence-corrected chi connectivity index (χ2v) is 6.20. The van der Waals surface area contributed by atoms with Gasteiger partial charge in [-0.3, -0.25) is 9.69 Å². The molecule has 0 aromatic heterocycles. The number of hydrogen-bond acceptors (Lipinski definition) is 4. The van der Waals surface area contributed by atoms with Gasteiger partial charge in [0.05, 0.1) is 13.7 Å². The van der Waals surface area contributed by atoms with E-state index >= 15 is 0 Å². The number of methoxy groups -OCH3 is 1. The van der Waals surface area contributed by atoms with Crippen molar-refractivity contribution in [1.29, 1.82) is 0 Å². The fourth-order valence-corrected chi connectivity index (χ4v) is 2.67. The van der Waals surface area contributed by atoms with Crippen LogP contribution in [0, 0.1) is 5.82 Å². The lowest BCUT2D eigenvalue weighted by Crippen LogP contribution is -2.36. The van der Waals surface area contributed by atoms with Crippen LogP contribution in [-0.2, 0) is 17.9 Å². The topological polar surface area (TPSA) is 50.8 Å². The average molecular weight is 414 g/mol. The van der Waals surface area contributed by atoms with E-state index in [1.54, 1.807) is 17.0 Å². The lowest BCUT2D eigenvalue weighted by Gasteiger charge is -2.20. The van der Waals surface area contributed by atoms with Crippen LogP contribution in [0.1, 0.15) is 18.1 Å². The van der Waals surface area contributed by atoms with E-state index in [9.17, 15) is 22.4 Å². The first-order valence-corrected chi connectivity index (χ1v) is 8.87. The van der Waals surface area contributed by atoms with Gasteiger partial charge in [0.15, 0.2) is 11.6 Å². The molecule has 158 valence electrons. The molecule has 0 aliphatic heterocycles. The maximum absolute atomic E-state index is 13.8. The highest BCUT2D eigenvalue weighted by atomic mass is 19.4. The molecule has 0 unspecified atom stereocenters. The summed E-state index contributed by atoms with van der Waals surface area (Å²) in [6.07, 6.45) is -4.81. The van der Waals surface area contributed by atoms with Gasteiger partial charge in [-0.05, 0) is 30.3 Å². The van der Waals surface area contributed by atoms with E-state index in [2.05, 4.69) is 10.1 Å². The summed E-state index contributed by atoms with van der Waals surface area (Å²) in [4.78, 5) is 14.0. The van der Waals surface area contributed by atoms with Crippen LogP contribution in [-0.4, -0.2) is 37.4 Å². The Morgan fingerprint density at radius 1 is 1.14 bits per heavy atom. The fraction of sp³-hybridized carbons (Fsp3) is 0.350. The molecule has 29 heavy (non-hydrogen) atoms. The SMILES string of the molecule is CCN(CC(=O)NCc1ccccc1OC(F)(F)F)Cc1ccc(OC)c(F)c1. The first-order chi connectivity index (χ1) is 13.7. The number of benzene rings is 2. The molecule has 0 aliphatic rings. The summed E-state index contributed by atoms with van der Waals surface area (Å²) in [5.41, 5.74) is 0.875. The summed E-state index contributed by atoms with van der Waals surface area (Å²) in [6.45, 7) is 2.60. The summed E-state index contributed by atoms with van der Waals surface area (Å²) < 4.78 is 60.1. The van der Waals surface area contributed by atoms with Gasteiger partial charge in [-0.2, -0.15) is 0 Å². The van der Waals surface area contributed by atoms with E-state index < -0.39 is 12.2 Å². The Morgan fingerprint density at radius 3 is 2.48 bits per heavy atom. The average Bonchev–Trinajstić information content (AvgIpc) is 2.65. The highest BCUT2D eigenvalue weighted by molar-refractivity contribution is 5.78. The third-order valence-corrected chi connectivity index (χ3v) is 4.11. The smallest absolute Gasteiger partial charge is 0.494 e. The first-order valence-electron chi connectivity index (χ1n) is 8.87. The molecule has 2 aromatic rings. The number of amides is 1. The molecule has 0 spiro atoms. The van der Waals surface area contributed by atoms with Crippen LogP contribution < -0.4 is 14.8 Å². The molecule has 9 heteroatoms. The van der Waals surface area contributed by atoms with Crippen molar-refractivity contribution in [2.45, 2.75) is 26.4 Å². The largest absolute Gasteiger partial charge is 0.573 e. The van der Waals surface area contributed by atoms with Crippen molar-refractivity contribution < 1.29 is 31.8 Å². The van der Waals surface area contributed by atoms with Crippen molar-refractivity contribution in [3.63, 3.8) is 0 Å². The van der Waals surface area contributed by atoms with Gasteiger partial charge in [0.1, 0.15) is 5.75 Å². The monoisotopic (exact) mass is 414 g/mol.